The largest absolute Gasteiger partial charge is 0.409 e. The fraction of sp³-hybridized carbons (Fsp3) is 0.909. The minimum Gasteiger partial charge on any atom is -0.409 e. The van der Waals surface area contributed by atoms with E-state index in [-0.39, 0.29) is 0 Å². The van der Waals surface area contributed by atoms with Gasteiger partial charge in [-0.05, 0) is 31.7 Å². The Morgan fingerprint density at radius 2 is 2.00 bits per heavy atom. The zero-order valence-corrected chi connectivity index (χ0v) is 10.4. The molecule has 15 heavy (non-hydrogen) atoms. The second-order valence-corrected chi connectivity index (χ2v) is 5.09. The monoisotopic (exact) mass is 215 g/mol. The molecule has 0 aliphatic carbocycles. The van der Waals surface area contributed by atoms with Gasteiger partial charge >= 0.3 is 0 Å². The van der Waals surface area contributed by atoms with Crippen molar-refractivity contribution in [2.24, 2.45) is 16.3 Å². The first-order valence-electron chi connectivity index (χ1n) is 5.57. The van der Waals surface area contributed by atoms with Crippen LogP contribution in [-0.4, -0.2) is 23.6 Å². The molecule has 4 heteroatoms. The lowest BCUT2D eigenvalue weighted by Gasteiger charge is -2.28. The van der Waals surface area contributed by atoms with Crippen molar-refractivity contribution in [1.29, 1.82) is 0 Å². The molecule has 1 atom stereocenters. The summed E-state index contributed by atoms with van der Waals surface area (Å²) >= 11 is 0. The molecule has 0 amide bonds. The van der Waals surface area contributed by atoms with Gasteiger partial charge in [0.2, 0.25) is 0 Å². The molecule has 0 heterocycles. The fourth-order valence-electron chi connectivity index (χ4n) is 1.11. The minimum atomic E-state index is 0.297. The maximum absolute atomic E-state index is 8.33. The van der Waals surface area contributed by atoms with E-state index in [9.17, 15) is 0 Å². The summed E-state index contributed by atoms with van der Waals surface area (Å²) in [5, 5.41) is 14.7. The average molecular weight is 215 g/mol. The van der Waals surface area contributed by atoms with Gasteiger partial charge in [-0.3, -0.25) is 0 Å². The predicted molar refractivity (Wildman–Crippen MR) is 64.2 cm³/mol. The third-order valence-corrected chi connectivity index (χ3v) is 2.74. The van der Waals surface area contributed by atoms with Crippen LogP contribution in [0.15, 0.2) is 5.16 Å². The third-order valence-electron chi connectivity index (χ3n) is 2.74. The highest BCUT2D eigenvalue weighted by Crippen LogP contribution is 2.18. The van der Waals surface area contributed by atoms with Crippen molar-refractivity contribution in [3.8, 4) is 0 Å². The first-order valence-corrected chi connectivity index (χ1v) is 5.57. The smallest absolute Gasteiger partial charge is 0.139 e. The van der Waals surface area contributed by atoms with Crippen molar-refractivity contribution in [1.82, 2.24) is 5.32 Å². The molecule has 0 radical (unpaired) electrons. The Hall–Kier alpha value is -0.770. The zero-order chi connectivity index (χ0) is 11.9. The molecule has 4 N–H and O–H groups in total. The molecule has 0 aromatic heterocycles. The van der Waals surface area contributed by atoms with Gasteiger partial charge < -0.3 is 16.3 Å². The van der Waals surface area contributed by atoms with E-state index in [2.05, 4.69) is 38.2 Å². The standard InChI is InChI=1S/C11H25N3O/c1-9(11(2,3)4)13-8-6-5-7-10(12)14-15/h9,13,15H,5-8H2,1-4H3,(H2,12,14). The van der Waals surface area contributed by atoms with Crippen LogP contribution in [0.5, 0.6) is 0 Å². The fourth-order valence-corrected chi connectivity index (χ4v) is 1.11. The number of oxime groups is 1. The Morgan fingerprint density at radius 3 is 2.47 bits per heavy atom. The van der Waals surface area contributed by atoms with Crippen molar-refractivity contribution < 1.29 is 5.21 Å². The van der Waals surface area contributed by atoms with E-state index < -0.39 is 0 Å². The van der Waals surface area contributed by atoms with Crippen molar-refractivity contribution in [2.75, 3.05) is 6.54 Å². The molecule has 90 valence electrons. The molecule has 1 unspecified atom stereocenters. The number of hydrogen-bond donors (Lipinski definition) is 3. The summed E-state index contributed by atoms with van der Waals surface area (Å²) in [5.41, 5.74) is 5.66. The van der Waals surface area contributed by atoms with E-state index >= 15 is 0 Å². The van der Waals surface area contributed by atoms with Crippen LogP contribution >= 0.6 is 0 Å². The second-order valence-electron chi connectivity index (χ2n) is 5.09. The molecule has 0 fully saturated rings. The lowest BCUT2D eigenvalue weighted by Crippen LogP contribution is -2.38. The van der Waals surface area contributed by atoms with Crippen LogP contribution in [0.25, 0.3) is 0 Å². The number of unbranched alkanes of at least 4 members (excludes halogenated alkanes) is 1. The molecule has 0 aromatic carbocycles. The highest BCUT2D eigenvalue weighted by Gasteiger charge is 2.18. The average Bonchev–Trinajstić information content (AvgIpc) is 2.15. The van der Waals surface area contributed by atoms with Crippen LogP contribution in [0.1, 0.15) is 47.0 Å². The Kier molecular flexibility index (Phi) is 6.32. The zero-order valence-electron chi connectivity index (χ0n) is 10.4. The van der Waals surface area contributed by atoms with Crippen LogP contribution in [0.2, 0.25) is 0 Å². The van der Waals surface area contributed by atoms with Gasteiger partial charge in [0.05, 0.1) is 0 Å². The maximum Gasteiger partial charge on any atom is 0.139 e. The number of rotatable bonds is 6. The van der Waals surface area contributed by atoms with E-state index in [1.165, 1.54) is 0 Å². The molecule has 0 aliphatic heterocycles. The summed E-state index contributed by atoms with van der Waals surface area (Å²) < 4.78 is 0. The molecule has 0 spiro atoms. The SMILES string of the molecule is CC(NCCCCC(N)=NO)C(C)(C)C. The molecule has 0 saturated carbocycles. The normalized spacial score (nSPS) is 15.3. The van der Waals surface area contributed by atoms with Crippen molar-refractivity contribution in [3.05, 3.63) is 0 Å². The van der Waals surface area contributed by atoms with E-state index in [1.54, 1.807) is 0 Å². The van der Waals surface area contributed by atoms with Crippen LogP contribution in [0.3, 0.4) is 0 Å². The molecule has 0 aliphatic rings. The van der Waals surface area contributed by atoms with Gasteiger partial charge in [-0.2, -0.15) is 0 Å². The molecule has 0 bridgehead atoms. The van der Waals surface area contributed by atoms with Crippen molar-refractivity contribution in [3.63, 3.8) is 0 Å². The molecule has 0 aromatic rings. The lowest BCUT2D eigenvalue weighted by molar-refractivity contribution is 0.285. The summed E-state index contributed by atoms with van der Waals surface area (Å²) in [5.74, 6) is 0.318. The van der Waals surface area contributed by atoms with E-state index in [0.717, 1.165) is 19.4 Å². The Balaban J connectivity index is 3.47. The quantitative estimate of drug-likeness (QED) is 0.208. The van der Waals surface area contributed by atoms with Crippen LogP contribution < -0.4 is 11.1 Å². The van der Waals surface area contributed by atoms with Gasteiger partial charge in [-0.15, -0.1) is 0 Å². The number of hydrogen-bond acceptors (Lipinski definition) is 3. The summed E-state index contributed by atoms with van der Waals surface area (Å²) in [6.07, 6.45) is 2.68. The summed E-state index contributed by atoms with van der Waals surface area (Å²) in [4.78, 5) is 0. The van der Waals surface area contributed by atoms with E-state index in [1.807, 2.05) is 0 Å². The topological polar surface area (TPSA) is 70.6 Å². The third kappa shape index (κ3) is 7.19. The van der Waals surface area contributed by atoms with Gasteiger partial charge in [-0.25, -0.2) is 0 Å². The lowest BCUT2D eigenvalue weighted by atomic mass is 9.88. The molecular weight excluding hydrogens is 190 g/mol. The highest BCUT2D eigenvalue weighted by molar-refractivity contribution is 5.79. The molecular formula is C11H25N3O. The van der Waals surface area contributed by atoms with Gasteiger partial charge in [0.25, 0.3) is 0 Å². The van der Waals surface area contributed by atoms with Gasteiger partial charge in [0.1, 0.15) is 5.84 Å². The van der Waals surface area contributed by atoms with E-state index in [4.69, 9.17) is 10.9 Å². The number of nitrogens with one attached hydrogen (secondary N) is 1. The minimum absolute atomic E-state index is 0.297. The van der Waals surface area contributed by atoms with Crippen LogP contribution in [0, 0.1) is 5.41 Å². The van der Waals surface area contributed by atoms with E-state index in [0.29, 0.717) is 23.7 Å². The van der Waals surface area contributed by atoms with Gasteiger partial charge in [0.15, 0.2) is 0 Å². The predicted octanol–water partition coefficient (Wildman–Crippen LogP) is 1.93. The Labute approximate surface area is 92.9 Å². The van der Waals surface area contributed by atoms with Gasteiger partial charge in [-0.1, -0.05) is 25.9 Å². The summed E-state index contributed by atoms with van der Waals surface area (Å²) in [7, 11) is 0. The van der Waals surface area contributed by atoms with Crippen molar-refractivity contribution in [2.45, 2.75) is 53.0 Å². The Morgan fingerprint density at radius 1 is 1.40 bits per heavy atom. The van der Waals surface area contributed by atoms with Crippen molar-refractivity contribution >= 4 is 5.84 Å². The first-order chi connectivity index (χ1) is 6.88. The highest BCUT2D eigenvalue weighted by atomic mass is 16.4. The summed E-state index contributed by atoms with van der Waals surface area (Å²) in [6.45, 7) is 9.85. The van der Waals surface area contributed by atoms with Crippen LogP contribution in [-0.2, 0) is 0 Å². The molecule has 0 rings (SSSR count). The Bertz CT molecular complexity index is 196. The number of nitrogens with two attached hydrogens (primary N) is 1. The number of amidine groups is 1. The van der Waals surface area contributed by atoms with Crippen LogP contribution in [0.4, 0.5) is 0 Å². The number of nitrogens with zero attached hydrogens (tertiary/aromatic N) is 1. The molecule has 4 nitrogen and oxygen atoms in total. The van der Waals surface area contributed by atoms with Gasteiger partial charge in [0, 0.05) is 12.5 Å². The first kappa shape index (κ1) is 14.2. The molecule has 0 saturated heterocycles. The maximum atomic E-state index is 8.33. The second kappa shape index (κ2) is 6.67. The summed E-state index contributed by atoms with van der Waals surface area (Å²) in [6, 6.07) is 0.501.